The summed E-state index contributed by atoms with van der Waals surface area (Å²) in [5, 5.41) is 0. The average Bonchev–Trinajstić information content (AvgIpc) is 2.46. The summed E-state index contributed by atoms with van der Waals surface area (Å²) in [5.74, 6) is 6.60. The van der Waals surface area contributed by atoms with E-state index >= 15 is 0 Å². The normalized spacial score (nSPS) is 12.2. The van der Waals surface area contributed by atoms with Crippen LogP contribution in [0, 0.1) is 6.92 Å². The Labute approximate surface area is 114 Å². The van der Waals surface area contributed by atoms with E-state index in [1.165, 1.54) is 11.1 Å². The lowest BCUT2D eigenvalue weighted by molar-refractivity contribution is 0.405. The second-order valence-corrected chi connectivity index (χ2v) is 4.65. The van der Waals surface area contributed by atoms with Crippen molar-refractivity contribution < 1.29 is 4.74 Å². The first-order valence-electron chi connectivity index (χ1n) is 6.39. The van der Waals surface area contributed by atoms with Crippen molar-refractivity contribution in [3.05, 3.63) is 65.2 Å². The van der Waals surface area contributed by atoms with Gasteiger partial charge >= 0.3 is 0 Å². The summed E-state index contributed by atoms with van der Waals surface area (Å²) in [6.07, 6.45) is 0.797. The van der Waals surface area contributed by atoms with Gasteiger partial charge in [0.15, 0.2) is 0 Å². The zero-order valence-corrected chi connectivity index (χ0v) is 11.4. The first kappa shape index (κ1) is 13.6. The first-order chi connectivity index (χ1) is 9.24. The summed E-state index contributed by atoms with van der Waals surface area (Å²) in [5.41, 5.74) is 6.44. The van der Waals surface area contributed by atoms with Crippen LogP contribution in [-0.2, 0) is 6.42 Å². The Kier molecular flexibility index (Phi) is 4.55. The van der Waals surface area contributed by atoms with Crippen LogP contribution in [0.15, 0.2) is 48.5 Å². The number of hydrogen-bond acceptors (Lipinski definition) is 3. The minimum atomic E-state index is 0.0805. The minimum absolute atomic E-state index is 0.0805. The van der Waals surface area contributed by atoms with Gasteiger partial charge in [-0.25, -0.2) is 0 Å². The van der Waals surface area contributed by atoms with E-state index in [1.54, 1.807) is 7.11 Å². The predicted molar refractivity (Wildman–Crippen MR) is 77.9 cm³/mol. The highest BCUT2D eigenvalue weighted by molar-refractivity contribution is 5.38. The predicted octanol–water partition coefficient (Wildman–Crippen LogP) is 2.75. The fourth-order valence-corrected chi connectivity index (χ4v) is 2.25. The molecule has 3 nitrogen and oxygen atoms in total. The van der Waals surface area contributed by atoms with E-state index in [0.29, 0.717) is 0 Å². The highest BCUT2D eigenvalue weighted by atomic mass is 16.5. The molecule has 0 aromatic heterocycles. The third-order valence-corrected chi connectivity index (χ3v) is 3.26. The van der Waals surface area contributed by atoms with Crippen LogP contribution >= 0.6 is 0 Å². The van der Waals surface area contributed by atoms with Crippen molar-refractivity contribution in [1.82, 2.24) is 5.43 Å². The molecule has 0 saturated heterocycles. The monoisotopic (exact) mass is 256 g/mol. The number of hydrogen-bond donors (Lipinski definition) is 2. The van der Waals surface area contributed by atoms with Crippen LogP contribution in [0.1, 0.15) is 22.7 Å². The van der Waals surface area contributed by atoms with Crippen LogP contribution in [0.2, 0.25) is 0 Å². The fourth-order valence-electron chi connectivity index (χ4n) is 2.25. The van der Waals surface area contributed by atoms with Crippen molar-refractivity contribution in [1.29, 1.82) is 0 Å². The van der Waals surface area contributed by atoms with E-state index in [9.17, 15) is 0 Å². The van der Waals surface area contributed by atoms with Gasteiger partial charge in [0.2, 0.25) is 0 Å². The maximum atomic E-state index is 5.69. The molecule has 2 rings (SSSR count). The molecule has 0 amide bonds. The third-order valence-electron chi connectivity index (χ3n) is 3.26. The molecule has 0 aliphatic carbocycles. The van der Waals surface area contributed by atoms with Crippen LogP contribution in [0.4, 0.5) is 0 Å². The second-order valence-electron chi connectivity index (χ2n) is 4.65. The number of nitrogens with two attached hydrogens (primary N) is 1. The highest BCUT2D eigenvalue weighted by Crippen LogP contribution is 2.25. The van der Waals surface area contributed by atoms with E-state index in [-0.39, 0.29) is 6.04 Å². The Morgan fingerprint density at radius 3 is 2.53 bits per heavy atom. The van der Waals surface area contributed by atoms with Gasteiger partial charge in [0.05, 0.1) is 13.2 Å². The number of methoxy groups -OCH3 is 1. The number of ether oxygens (including phenoxy) is 1. The Bertz CT molecular complexity index is 526. The quantitative estimate of drug-likeness (QED) is 0.639. The standard InChI is InChI=1S/C16H20N2O/c1-12-8-9-16(19-2)14(10-12)11-15(18-17)13-6-4-3-5-7-13/h3-10,15,18H,11,17H2,1-2H3. The summed E-state index contributed by atoms with van der Waals surface area (Å²) in [6.45, 7) is 2.08. The Hall–Kier alpha value is -1.84. The van der Waals surface area contributed by atoms with Crippen LogP contribution in [0.25, 0.3) is 0 Å². The molecule has 0 aliphatic rings. The molecular formula is C16H20N2O. The maximum absolute atomic E-state index is 5.69. The molecule has 100 valence electrons. The van der Waals surface area contributed by atoms with Crippen molar-refractivity contribution in [2.24, 2.45) is 5.84 Å². The minimum Gasteiger partial charge on any atom is -0.496 e. The summed E-state index contributed by atoms with van der Waals surface area (Å²) in [7, 11) is 1.70. The van der Waals surface area contributed by atoms with E-state index in [2.05, 4.69) is 36.6 Å². The van der Waals surface area contributed by atoms with Gasteiger partial charge in [-0.05, 0) is 30.5 Å². The van der Waals surface area contributed by atoms with Crippen molar-refractivity contribution in [3.8, 4) is 5.75 Å². The van der Waals surface area contributed by atoms with Gasteiger partial charge in [-0.1, -0.05) is 48.0 Å². The van der Waals surface area contributed by atoms with Gasteiger partial charge in [-0.2, -0.15) is 0 Å². The molecule has 0 heterocycles. The lowest BCUT2D eigenvalue weighted by Gasteiger charge is -2.18. The number of benzene rings is 2. The van der Waals surface area contributed by atoms with Gasteiger partial charge < -0.3 is 4.74 Å². The topological polar surface area (TPSA) is 47.3 Å². The molecule has 1 unspecified atom stereocenters. The second kappa shape index (κ2) is 6.36. The number of aryl methyl sites for hydroxylation is 1. The Balaban J connectivity index is 2.26. The van der Waals surface area contributed by atoms with Gasteiger partial charge in [0.1, 0.15) is 5.75 Å². The molecule has 1 atom stereocenters. The van der Waals surface area contributed by atoms with Crippen molar-refractivity contribution in [2.45, 2.75) is 19.4 Å². The zero-order valence-electron chi connectivity index (χ0n) is 11.4. The van der Waals surface area contributed by atoms with Gasteiger partial charge in [0.25, 0.3) is 0 Å². The van der Waals surface area contributed by atoms with Crippen LogP contribution in [-0.4, -0.2) is 7.11 Å². The van der Waals surface area contributed by atoms with Crippen molar-refractivity contribution in [2.75, 3.05) is 7.11 Å². The molecule has 3 N–H and O–H groups in total. The van der Waals surface area contributed by atoms with Crippen molar-refractivity contribution >= 4 is 0 Å². The lowest BCUT2D eigenvalue weighted by Crippen LogP contribution is -2.29. The average molecular weight is 256 g/mol. The zero-order chi connectivity index (χ0) is 13.7. The Morgan fingerprint density at radius 2 is 1.89 bits per heavy atom. The summed E-state index contributed by atoms with van der Waals surface area (Å²) < 4.78 is 5.41. The largest absolute Gasteiger partial charge is 0.496 e. The highest BCUT2D eigenvalue weighted by Gasteiger charge is 2.13. The SMILES string of the molecule is COc1ccc(C)cc1CC(NN)c1ccccc1. The van der Waals surface area contributed by atoms with Crippen LogP contribution in [0.5, 0.6) is 5.75 Å². The van der Waals surface area contributed by atoms with E-state index < -0.39 is 0 Å². The maximum Gasteiger partial charge on any atom is 0.122 e. The molecule has 0 aliphatic heterocycles. The van der Waals surface area contributed by atoms with E-state index in [0.717, 1.165) is 17.7 Å². The third kappa shape index (κ3) is 3.34. The molecule has 2 aromatic carbocycles. The smallest absolute Gasteiger partial charge is 0.122 e. The van der Waals surface area contributed by atoms with E-state index in [1.807, 2.05) is 24.3 Å². The number of nitrogens with one attached hydrogen (secondary N) is 1. The Morgan fingerprint density at radius 1 is 1.16 bits per heavy atom. The molecule has 0 spiro atoms. The van der Waals surface area contributed by atoms with Crippen LogP contribution in [0.3, 0.4) is 0 Å². The molecular weight excluding hydrogens is 236 g/mol. The first-order valence-corrected chi connectivity index (χ1v) is 6.39. The molecule has 0 bridgehead atoms. The summed E-state index contributed by atoms with van der Waals surface area (Å²) in [6, 6.07) is 16.5. The summed E-state index contributed by atoms with van der Waals surface area (Å²) in [4.78, 5) is 0. The van der Waals surface area contributed by atoms with Gasteiger partial charge in [-0.15, -0.1) is 0 Å². The van der Waals surface area contributed by atoms with Crippen molar-refractivity contribution in [3.63, 3.8) is 0 Å². The fraction of sp³-hybridized carbons (Fsp3) is 0.250. The number of rotatable bonds is 5. The van der Waals surface area contributed by atoms with Gasteiger partial charge in [0, 0.05) is 0 Å². The summed E-state index contributed by atoms with van der Waals surface area (Å²) >= 11 is 0. The molecule has 3 heteroatoms. The molecule has 19 heavy (non-hydrogen) atoms. The lowest BCUT2D eigenvalue weighted by atomic mass is 9.97. The molecule has 0 fully saturated rings. The number of hydrazine groups is 1. The van der Waals surface area contributed by atoms with E-state index in [4.69, 9.17) is 10.6 Å². The van der Waals surface area contributed by atoms with Crippen LogP contribution < -0.4 is 16.0 Å². The molecule has 0 saturated carbocycles. The molecule has 2 aromatic rings. The van der Waals surface area contributed by atoms with Gasteiger partial charge in [-0.3, -0.25) is 11.3 Å². The molecule has 0 radical (unpaired) electrons.